The molecule has 0 spiro atoms. The molecule has 1 fully saturated rings. The van der Waals surface area contributed by atoms with Crippen LogP contribution in [0, 0.1) is 13.8 Å². The summed E-state index contributed by atoms with van der Waals surface area (Å²) in [5.41, 5.74) is 3.36. The predicted octanol–water partition coefficient (Wildman–Crippen LogP) is 3.83. The van der Waals surface area contributed by atoms with Crippen molar-refractivity contribution < 1.29 is 19.1 Å². The van der Waals surface area contributed by atoms with Crippen LogP contribution in [0.2, 0.25) is 0 Å². The van der Waals surface area contributed by atoms with E-state index in [9.17, 15) is 14.4 Å². The largest absolute Gasteiger partial charge is 0.447 e. The molecule has 1 aliphatic carbocycles. The first-order valence-electron chi connectivity index (χ1n) is 9.59. The highest BCUT2D eigenvalue weighted by molar-refractivity contribution is 5.98. The Labute approximate surface area is 165 Å². The van der Waals surface area contributed by atoms with Crippen LogP contribution in [0.15, 0.2) is 48.5 Å². The topological polar surface area (TPSA) is 72.5 Å². The number of carbonyl (C=O) groups is 3. The summed E-state index contributed by atoms with van der Waals surface area (Å²) in [5.74, 6) is -0.988. The summed E-state index contributed by atoms with van der Waals surface area (Å²) in [5, 5.41) is 2.88. The molecule has 1 saturated carbocycles. The van der Waals surface area contributed by atoms with Crippen molar-refractivity contribution in [1.29, 1.82) is 0 Å². The van der Waals surface area contributed by atoms with Gasteiger partial charge in [-0.3, -0.25) is 14.4 Å². The van der Waals surface area contributed by atoms with Crippen molar-refractivity contribution in [2.75, 3.05) is 0 Å². The highest BCUT2D eigenvalue weighted by Crippen LogP contribution is 2.24. The van der Waals surface area contributed by atoms with Gasteiger partial charge in [-0.1, -0.05) is 42.5 Å². The van der Waals surface area contributed by atoms with E-state index in [4.69, 9.17) is 4.74 Å². The van der Waals surface area contributed by atoms with E-state index in [0.29, 0.717) is 11.1 Å². The summed E-state index contributed by atoms with van der Waals surface area (Å²) in [6.07, 6.45) is 0.891. The molecule has 5 heteroatoms. The third-order valence-electron chi connectivity index (χ3n) is 4.90. The minimum Gasteiger partial charge on any atom is -0.447 e. The smallest absolute Gasteiger partial charge is 0.307 e. The van der Waals surface area contributed by atoms with Crippen molar-refractivity contribution >= 4 is 17.7 Å². The van der Waals surface area contributed by atoms with Crippen molar-refractivity contribution in [3.63, 3.8) is 0 Å². The molecule has 5 nitrogen and oxygen atoms in total. The lowest BCUT2D eigenvalue weighted by molar-refractivity contribution is -0.156. The number of Topliss-reactive ketones (excluding diaryl/α,β-unsaturated/α-hetero) is 1. The number of carbonyl (C=O) groups excluding carboxylic acids is 3. The highest BCUT2D eigenvalue weighted by atomic mass is 16.5. The predicted molar refractivity (Wildman–Crippen MR) is 106 cm³/mol. The van der Waals surface area contributed by atoms with E-state index < -0.39 is 12.1 Å². The summed E-state index contributed by atoms with van der Waals surface area (Å²) in [6, 6.07) is 14.6. The molecular weight excluding hydrogens is 354 g/mol. The molecule has 0 bridgehead atoms. The number of rotatable bonds is 8. The Balaban J connectivity index is 1.60. The summed E-state index contributed by atoms with van der Waals surface area (Å²) >= 11 is 0. The highest BCUT2D eigenvalue weighted by Gasteiger charge is 2.30. The zero-order chi connectivity index (χ0) is 20.1. The molecule has 146 valence electrons. The van der Waals surface area contributed by atoms with E-state index >= 15 is 0 Å². The molecule has 1 unspecified atom stereocenters. The van der Waals surface area contributed by atoms with E-state index in [-0.39, 0.29) is 30.6 Å². The van der Waals surface area contributed by atoms with Gasteiger partial charge in [0.1, 0.15) is 0 Å². The fraction of sp³-hybridized carbons (Fsp3) is 0.348. The zero-order valence-electron chi connectivity index (χ0n) is 16.2. The van der Waals surface area contributed by atoms with Crippen molar-refractivity contribution in [3.8, 4) is 0 Å². The van der Waals surface area contributed by atoms with Gasteiger partial charge in [0.15, 0.2) is 5.78 Å². The standard InChI is InChI=1S/C23H25NO4/c1-15-8-9-18(14-16(15)2)20(25)12-13-21(26)28-22(17-6-4-3-5-7-17)23(27)24-19-10-11-19/h3-9,14,19,22H,10-13H2,1-2H3,(H,24,27). The minimum atomic E-state index is -0.994. The molecule has 0 aliphatic heterocycles. The van der Waals surface area contributed by atoms with Crippen LogP contribution >= 0.6 is 0 Å². The van der Waals surface area contributed by atoms with Crippen LogP contribution in [-0.4, -0.2) is 23.7 Å². The summed E-state index contributed by atoms with van der Waals surface area (Å²) < 4.78 is 5.45. The molecule has 1 atom stereocenters. The van der Waals surface area contributed by atoms with Crippen LogP contribution < -0.4 is 5.32 Å². The second-order valence-electron chi connectivity index (χ2n) is 7.29. The zero-order valence-corrected chi connectivity index (χ0v) is 16.2. The number of aryl methyl sites for hydroxylation is 2. The van der Waals surface area contributed by atoms with E-state index in [1.165, 1.54) is 0 Å². The molecule has 1 N–H and O–H groups in total. The Morgan fingerprint density at radius 3 is 2.36 bits per heavy atom. The maximum atomic E-state index is 12.5. The van der Waals surface area contributed by atoms with Gasteiger partial charge in [0.25, 0.3) is 5.91 Å². The van der Waals surface area contributed by atoms with Crippen LogP contribution in [0.3, 0.4) is 0 Å². The third-order valence-corrected chi connectivity index (χ3v) is 4.90. The molecule has 2 aromatic rings. The minimum absolute atomic E-state index is 0.0487. The van der Waals surface area contributed by atoms with Gasteiger partial charge in [-0.05, 0) is 43.9 Å². The van der Waals surface area contributed by atoms with Gasteiger partial charge in [-0.25, -0.2) is 0 Å². The fourth-order valence-corrected chi connectivity index (χ4v) is 2.87. The number of ketones is 1. The van der Waals surface area contributed by atoms with Gasteiger partial charge in [-0.2, -0.15) is 0 Å². The SMILES string of the molecule is Cc1ccc(C(=O)CCC(=O)OC(C(=O)NC2CC2)c2ccccc2)cc1C. The maximum Gasteiger partial charge on any atom is 0.307 e. The lowest BCUT2D eigenvalue weighted by Crippen LogP contribution is -2.33. The first-order valence-corrected chi connectivity index (χ1v) is 9.59. The number of esters is 1. The van der Waals surface area contributed by atoms with Crippen LogP contribution in [0.25, 0.3) is 0 Å². The average Bonchev–Trinajstić information content (AvgIpc) is 3.51. The Morgan fingerprint density at radius 2 is 1.71 bits per heavy atom. The quantitative estimate of drug-likeness (QED) is 0.559. The second kappa shape index (κ2) is 8.83. The molecule has 28 heavy (non-hydrogen) atoms. The maximum absolute atomic E-state index is 12.5. The Hall–Kier alpha value is -2.95. The monoisotopic (exact) mass is 379 g/mol. The van der Waals surface area contributed by atoms with Gasteiger partial charge in [-0.15, -0.1) is 0 Å². The first kappa shape index (κ1) is 19.8. The Morgan fingerprint density at radius 1 is 1.00 bits per heavy atom. The first-order chi connectivity index (χ1) is 13.4. The number of amides is 1. The molecule has 0 heterocycles. The van der Waals surface area contributed by atoms with Crippen LogP contribution in [0.4, 0.5) is 0 Å². The summed E-state index contributed by atoms with van der Waals surface area (Å²) in [7, 11) is 0. The molecule has 2 aromatic carbocycles. The molecule has 0 aromatic heterocycles. The van der Waals surface area contributed by atoms with E-state index in [1.807, 2.05) is 32.0 Å². The van der Waals surface area contributed by atoms with Gasteiger partial charge >= 0.3 is 5.97 Å². The van der Waals surface area contributed by atoms with Crippen molar-refractivity contribution in [2.45, 2.75) is 51.7 Å². The van der Waals surface area contributed by atoms with E-state index in [0.717, 1.165) is 24.0 Å². The molecular formula is C23H25NO4. The normalized spacial score (nSPS) is 14.2. The van der Waals surface area contributed by atoms with Gasteiger partial charge in [0.05, 0.1) is 6.42 Å². The Bertz CT molecular complexity index is 871. The lowest BCUT2D eigenvalue weighted by atomic mass is 10.0. The molecule has 1 aliphatic rings. The van der Waals surface area contributed by atoms with Crippen molar-refractivity contribution in [1.82, 2.24) is 5.32 Å². The van der Waals surface area contributed by atoms with E-state index in [1.54, 1.807) is 30.3 Å². The number of hydrogen-bond donors (Lipinski definition) is 1. The fourth-order valence-electron chi connectivity index (χ4n) is 2.87. The third kappa shape index (κ3) is 5.28. The number of nitrogens with one attached hydrogen (secondary N) is 1. The molecule has 3 rings (SSSR count). The van der Waals surface area contributed by atoms with Crippen LogP contribution in [-0.2, 0) is 14.3 Å². The summed E-state index contributed by atoms with van der Waals surface area (Å²) in [4.78, 5) is 37.2. The van der Waals surface area contributed by atoms with Crippen molar-refractivity contribution in [2.24, 2.45) is 0 Å². The number of benzene rings is 2. The van der Waals surface area contributed by atoms with Gasteiger partial charge < -0.3 is 10.1 Å². The van der Waals surface area contributed by atoms with Crippen molar-refractivity contribution in [3.05, 3.63) is 70.8 Å². The molecule has 0 saturated heterocycles. The lowest BCUT2D eigenvalue weighted by Gasteiger charge is -2.18. The second-order valence-corrected chi connectivity index (χ2v) is 7.29. The molecule has 0 radical (unpaired) electrons. The van der Waals surface area contributed by atoms with Crippen LogP contribution in [0.5, 0.6) is 0 Å². The Kier molecular flexibility index (Phi) is 6.24. The average molecular weight is 379 g/mol. The number of ether oxygens (including phenoxy) is 1. The summed E-state index contributed by atoms with van der Waals surface area (Å²) in [6.45, 7) is 3.93. The number of hydrogen-bond acceptors (Lipinski definition) is 4. The molecule has 1 amide bonds. The van der Waals surface area contributed by atoms with E-state index in [2.05, 4.69) is 5.32 Å². The van der Waals surface area contributed by atoms with Crippen LogP contribution in [0.1, 0.15) is 58.8 Å². The van der Waals surface area contributed by atoms with Gasteiger partial charge in [0, 0.05) is 23.6 Å². The van der Waals surface area contributed by atoms with Gasteiger partial charge in [0.2, 0.25) is 6.10 Å².